The number of aromatic nitrogens is 1. The lowest BCUT2D eigenvalue weighted by Gasteiger charge is -2.22. The molecule has 0 saturated heterocycles. The number of hydrogen-bond acceptors (Lipinski definition) is 5. The Morgan fingerprint density at radius 1 is 1.35 bits per heavy atom. The first kappa shape index (κ1) is 16.7. The van der Waals surface area contributed by atoms with E-state index in [0.717, 1.165) is 10.5 Å². The van der Waals surface area contributed by atoms with Crippen LogP contribution in [0.3, 0.4) is 0 Å². The molecule has 1 rings (SSSR count). The average Bonchev–Trinajstić information content (AvgIpc) is 2.37. The van der Waals surface area contributed by atoms with Crippen molar-refractivity contribution < 1.29 is 22.3 Å². The van der Waals surface area contributed by atoms with Gasteiger partial charge in [-0.05, 0) is 12.1 Å². The molecule has 0 atom stereocenters. The maximum atomic E-state index is 12.4. The van der Waals surface area contributed by atoms with Gasteiger partial charge in [0.2, 0.25) is 10.0 Å². The Morgan fingerprint density at radius 3 is 2.40 bits per heavy atom. The van der Waals surface area contributed by atoms with Crippen molar-refractivity contribution in [2.75, 3.05) is 38.7 Å². The van der Waals surface area contributed by atoms with E-state index in [4.69, 9.17) is 5.11 Å². The van der Waals surface area contributed by atoms with Crippen LogP contribution in [0.5, 0.6) is 0 Å². The van der Waals surface area contributed by atoms with Crippen molar-refractivity contribution in [3.05, 3.63) is 18.3 Å². The summed E-state index contributed by atoms with van der Waals surface area (Å²) in [4.78, 5) is 5.05. The van der Waals surface area contributed by atoms with Gasteiger partial charge in [0.1, 0.15) is 10.7 Å². The SMILES string of the molecule is CN(C)S(=O)(=O)c1ccc(N(CCO)CC(F)F)nc1. The molecular formula is C11H17F2N3O3S. The van der Waals surface area contributed by atoms with E-state index in [1.54, 1.807) is 0 Å². The van der Waals surface area contributed by atoms with Crippen molar-refractivity contribution in [1.29, 1.82) is 0 Å². The highest BCUT2D eigenvalue weighted by Gasteiger charge is 2.19. The number of nitrogens with zero attached hydrogens (tertiary/aromatic N) is 3. The summed E-state index contributed by atoms with van der Waals surface area (Å²) in [5.41, 5.74) is 0. The highest BCUT2D eigenvalue weighted by Crippen LogP contribution is 2.17. The Morgan fingerprint density at radius 2 is 2.00 bits per heavy atom. The number of rotatable bonds is 7. The number of sulfonamides is 1. The van der Waals surface area contributed by atoms with Gasteiger partial charge in [0.05, 0.1) is 13.2 Å². The van der Waals surface area contributed by atoms with Gasteiger partial charge in [0.15, 0.2) is 0 Å². The monoisotopic (exact) mass is 309 g/mol. The molecule has 0 aliphatic carbocycles. The molecular weight excluding hydrogens is 292 g/mol. The zero-order chi connectivity index (χ0) is 15.3. The van der Waals surface area contributed by atoms with Crippen LogP contribution in [0.2, 0.25) is 0 Å². The molecule has 114 valence electrons. The number of alkyl halides is 2. The first-order valence-corrected chi connectivity index (χ1v) is 7.25. The molecule has 0 spiro atoms. The largest absolute Gasteiger partial charge is 0.395 e. The number of aliphatic hydroxyl groups excluding tert-OH is 1. The fourth-order valence-corrected chi connectivity index (χ4v) is 2.36. The van der Waals surface area contributed by atoms with Gasteiger partial charge >= 0.3 is 0 Å². The minimum atomic E-state index is -3.60. The lowest BCUT2D eigenvalue weighted by Crippen LogP contribution is -2.32. The first-order valence-electron chi connectivity index (χ1n) is 5.81. The molecule has 1 aromatic heterocycles. The van der Waals surface area contributed by atoms with Crippen LogP contribution in [0.15, 0.2) is 23.2 Å². The molecule has 0 amide bonds. The normalized spacial score (nSPS) is 12.2. The topological polar surface area (TPSA) is 73.7 Å². The van der Waals surface area contributed by atoms with Crippen LogP contribution in [-0.2, 0) is 10.0 Å². The van der Waals surface area contributed by atoms with Gasteiger partial charge in [0.25, 0.3) is 6.43 Å². The van der Waals surface area contributed by atoms with E-state index in [-0.39, 0.29) is 23.9 Å². The van der Waals surface area contributed by atoms with E-state index >= 15 is 0 Å². The fraction of sp³-hybridized carbons (Fsp3) is 0.545. The van der Waals surface area contributed by atoms with Gasteiger partial charge in [-0.1, -0.05) is 0 Å². The summed E-state index contributed by atoms with van der Waals surface area (Å²) in [6.07, 6.45) is -1.46. The molecule has 0 fully saturated rings. The molecule has 1 heterocycles. The van der Waals surface area contributed by atoms with Crippen LogP contribution < -0.4 is 4.90 Å². The third-order valence-electron chi connectivity index (χ3n) is 2.55. The maximum Gasteiger partial charge on any atom is 0.255 e. The third kappa shape index (κ3) is 4.09. The van der Waals surface area contributed by atoms with Crippen LogP contribution in [0.1, 0.15) is 0 Å². The lowest BCUT2D eigenvalue weighted by molar-refractivity contribution is 0.152. The predicted molar refractivity (Wildman–Crippen MR) is 70.4 cm³/mol. The summed E-state index contributed by atoms with van der Waals surface area (Å²) in [5.74, 6) is 0.192. The quantitative estimate of drug-likeness (QED) is 0.789. The fourth-order valence-electron chi connectivity index (χ4n) is 1.51. The van der Waals surface area contributed by atoms with Crippen LogP contribution in [-0.4, -0.2) is 63.0 Å². The van der Waals surface area contributed by atoms with E-state index in [9.17, 15) is 17.2 Å². The van der Waals surface area contributed by atoms with Gasteiger partial charge < -0.3 is 10.0 Å². The molecule has 0 aromatic carbocycles. The predicted octanol–water partition coefficient (Wildman–Crippen LogP) is 0.396. The molecule has 9 heteroatoms. The van der Waals surface area contributed by atoms with Crippen LogP contribution in [0.4, 0.5) is 14.6 Å². The lowest BCUT2D eigenvalue weighted by atomic mass is 10.4. The van der Waals surface area contributed by atoms with E-state index in [1.165, 1.54) is 31.1 Å². The Bertz CT molecular complexity index is 520. The van der Waals surface area contributed by atoms with E-state index in [0.29, 0.717) is 0 Å². The van der Waals surface area contributed by atoms with Crippen molar-refractivity contribution in [3.8, 4) is 0 Å². The second-order valence-corrected chi connectivity index (χ2v) is 6.35. The zero-order valence-electron chi connectivity index (χ0n) is 11.2. The van der Waals surface area contributed by atoms with Crippen LogP contribution in [0.25, 0.3) is 0 Å². The van der Waals surface area contributed by atoms with Gasteiger partial charge in [-0.15, -0.1) is 0 Å². The summed E-state index contributed by atoms with van der Waals surface area (Å²) in [7, 11) is -0.826. The second-order valence-electron chi connectivity index (χ2n) is 4.20. The second kappa shape index (κ2) is 6.91. The molecule has 0 radical (unpaired) electrons. The average molecular weight is 309 g/mol. The minimum absolute atomic E-state index is 0.00286. The smallest absolute Gasteiger partial charge is 0.255 e. The highest BCUT2D eigenvalue weighted by molar-refractivity contribution is 7.89. The first-order chi connectivity index (χ1) is 9.28. The number of halogens is 2. The molecule has 0 bridgehead atoms. The molecule has 6 nitrogen and oxygen atoms in total. The summed E-state index contributed by atoms with van der Waals surface area (Å²) in [6, 6.07) is 2.64. The van der Waals surface area contributed by atoms with Crippen LogP contribution >= 0.6 is 0 Å². The van der Waals surface area contributed by atoms with Crippen molar-refractivity contribution in [2.24, 2.45) is 0 Å². The Kier molecular flexibility index (Phi) is 5.78. The summed E-state index contributed by atoms with van der Waals surface area (Å²) in [6.45, 7) is -0.878. The molecule has 1 aromatic rings. The number of anilines is 1. The maximum absolute atomic E-state index is 12.4. The third-order valence-corrected chi connectivity index (χ3v) is 4.35. The number of aliphatic hydroxyl groups is 1. The van der Waals surface area contributed by atoms with Gasteiger partial charge in [-0.25, -0.2) is 26.5 Å². The number of hydrogen-bond donors (Lipinski definition) is 1. The van der Waals surface area contributed by atoms with Gasteiger partial charge in [0, 0.05) is 26.8 Å². The van der Waals surface area contributed by atoms with Gasteiger partial charge in [-0.2, -0.15) is 0 Å². The molecule has 1 N–H and O–H groups in total. The summed E-state index contributed by atoms with van der Waals surface area (Å²) < 4.78 is 49.5. The van der Waals surface area contributed by atoms with E-state index in [1.807, 2.05) is 0 Å². The van der Waals surface area contributed by atoms with Crippen LogP contribution in [0, 0.1) is 0 Å². The highest BCUT2D eigenvalue weighted by atomic mass is 32.2. The molecule has 0 unspecified atom stereocenters. The standard InChI is InChI=1S/C11H17F2N3O3S/c1-15(2)20(18,19)9-3-4-11(14-7-9)16(5-6-17)8-10(12)13/h3-4,7,10,17H,5-6,8H2,1-2H3. The molecule has 0 aliphatic heterocycles. The Labute approximate surface area is 116 Å². The van der Waals surface area contributed by atoms with E-state index in [2.05, 4.69) is 4.98 Å². The van der Waals surface area contributed by atoms with Gasteiger partial charge in [-0.3, -0.25) is 0 Å². The molecule has 0 aliphatic rings. The molecule has 20 heavy (non-hydrogen) atoms. The van der Waals surface area contributed by atoms with E-state index < -0.39 is 23.0 Å². The minimum Gasteiger partial charge on any atom is -0.395 e. The Balaban J connectivity index is 2.99. The number of pyridine rings is 1. The van der Waals surface area contributed by atoms with Crippen molar-refractivity contribution in [2.45, 2.75) is 11.3 Å². The molecule has 0 saturated carbocycles. The Hall–Kier alpha value is -1.32. The van der Waals surface area contributed by atoms with Crippen molar-refractivity contribution in [3.63, 3.8) is 0 Å². The zero-order valence-corrected chi connectivity index (χ0v) is 12.0. The van der Waals surface area contributed by atoms with Crippen molar-refractivity contribution >= 4 is 15.8 Å². The summed E-state index contributed by atoms with van der Waals surface area (Å²) in [5, 5.41) is 8.85. The van der Waals surface area contributed by atoms with Crippen molar-refractivity contribution in [1.82, 2.24) is 9.29 Å². The summed E-state index contributed by atoms with van der Waals surface area (Å²) >= 11 is 0.